The largest absolute Gasteiger partial charge is 0.390 e. The number of nitrogens with zero attached hydrogens (tertiary/aromatic N) is 3. The Hall–Kier alpha value is -2.21. The second kappa shape index (κ2) is 5.83. The van der Waals surface area contributed by atoms with Gasteiger partial charge in [0, 0.05) is 5.69 Å². The van der Waals surface area contributed by atoms with E-state index in [2.05, 4.69) is 15.6 Å². The number of carbonyl (C=O) groups excluding carboxylic acids is 1. The van der Waals surface area contributed by atoms with Crippen molar-refractivity contribution in [2.24, 2.45) is 0 Å². The Labute approximate surface area is 117 Å². The number of aliphatic hydroxyl groups is 1. The van der Waals surface area contributed by atoms with Gasteiger partial charge in [-0.3, -0.25) is 4.79 Å². The lowest BCUT2D eigenvalue weighted by Crippen LogP contribution is -2.24. The molecule has 0 aliphatic carbocycles. The monoisotopic (exact) mass is 274 g/mol. The van der Waals surface area contributed by atoms with Crippen LogP contribution in [0.25, 0.3) is 0 Å². The lowest BCUT2D eigenvalue weighted by molar-refractivity contribution is -0.119. The third-order valence-electron chi connectivity index (χ3n) is 3.15. The zero-order valence-electron chi connectivity index (χ0n) is 11.8. The molecule has 0 bridgehead atoms. The van der Waals surface area contributed by atoms with Crippen LogP contribution in [0.4, 0.5) is 5.69 Å². The zero-order valence-corrected chi connectivity index (χ0v) is 11.8. The summed E-state index contributed by atoms with van der Waals surface area (Å²) in [6.45, 7) is 5.46. The van der Waals surface area contributed by atoms with Crippen LogP contribution in [0, 0.1) is 13.8 Å². The fourth-order valence-corrected chi connectivity index (χ4v) is 1.80. The average Bonchev–Trinajstić information content (AvgIpc) is 2.90. The highest BCUT2D eigenvalue weighted by atomic mass is 16.3. The number of hydrogen-bond donors (Lipinski definition) is 2. The maximum absolute atomic E-state index is 12.2. The van der Waals surface area contributed by atoms with Gasteiger partial charge in [-0.2, -0.15) is 0 Å². The van der Waals surface area contributed by atoms with Gasteiger partial charge in [0.15, 0.2) is 0 Å². The lowest BCUT2D eigenvalue weighted by Gasteiger charge is -2.14. The second-order valence-corrected chi connectivity index (χ2v) is 4.83. The van der Waals surface area contributed by atoms with Crippen LogP contribution < -0.4 is 5.32 Å². The summed E-state index contributed by atoms with van der Waals surface area (Å²) in [5, 5.41) is 19.4. The van der Waals surface area contributed by atoms with E-state index >= 15 is 0 Å². The van der Waals surface area contributed by atoms with Gasteiger partial charge in [-0.05, 0) is 38.0 Å². The molecular formula is C14H18N4O2. The van der Waals surface area contributed by atoms with Crippen LogP contribution in [0.3, 0.4) is 0 Å². The van der Waals surface area contributed by atoms with Crippen LogP contribution in [-0.2, 0) is 11.4 Å². The Kier molecular flexibility index (Phi) is 4.14. The maximum Gasteiger partial charge on any atom is 0.249 e. The number of carbonyl (C=O) groups is 1. The molecule has 2 rings (SSSR count). The number of aryl methyl sites for hydroxylation is 2. The van der Waals surface area contributed by atoms with Crippen molar-refractivity contribution in [1.29, 1.82) is 0 Å². The van der Waals surface area contributed by atoms with E-state index in [1.54, 1.807) is 13.1 Å². The van der Waals surface area contributed by atoms with Crippen molar-refractivity contribution in [2.75, 3.05) is 5.32 Å². The Morgan fingerprint density at radius 3 is 2.85 bits per heavy atom. The molecule has 0 saturated heterocycles. The van der Waals surface area contributed by atoms with E-state index in [0.717, 1.165) is 16.8 Å². The van der Waals surface area contributed by atoms with E-state index in [-0.39, 0.29) is 12.5 Å². The van der Waals surface area contributed by atoms with E-state index < -0.39 is 6.04 Å². The fraction of sp³-hybridized carbons (Fsp3) is 0.357. The van der Waals surface area contributed by atoms with Gasteiger partial charge in [0.05, 0.1) is 12.8 Å². The van der Waals surface area contributed by atoms with Crippen molar-refractivity contribution >= 4 is 11.6 Å². The summed E-state index contributed by atoms with van der Waals surface area (Å²) < 4.78 is 1.44. The summed E-state index contributed by atoms with van der Waals surface area (Å²) >= 11 is 0. The standard InChI is InChI=1S/C14H18N4O2/c1-9-4-5-10(2)13(6-9)15-14(20)11(3)18-7-12(8-19)16-17-18/h4-7,11,19H,8H2,1-3H3,(H,15,20). The molecule has 20 heavy (non-hydrogen) atoms. The van der Waals surface area contributed by atoms with E-state index in [4.69, 9.17) is 5.11 Å². The van der Waals surface area contributed by atoms with Crippen molar-refractivity contribution in [2.45, 2.75) is 33.4 Å². The molecule has 2 aromatic rings. The highest BCUT2D eigenvalue weighted by Gasteiger charge is 2.17. The molecule has 1 unspecified atom stereocenters. The Bertz CT molecular complexity index is 621. The van der Waals surface area contributed by atoms with Crippen LogP contribution in [0.15, 0.2) is 24.4 Å². The summed E-state index contributed by atoms with van der Waals surface area (Å²) in [5.74, 6) is -0.173. The molecule has 0 spiro atoms. The Balaban J connectivity index is 2.13. The smallest absolute Gasteiger partial charge is 0.249 e. The quantitative estimate of drug-likeness (QED) is 0.887. The lowest BCUT2D eigenvalue weighted by atomic mass is 10.1. The molecule has 0 fully saturated rings. The molecule has 0 saturated carbocycles. The van der Waals surface area contributed by atoms with Gasteiger partial charge >= 0.3 is 0 Å². The molecule has 0 aliphatic heterocycles. The molecule has 1 atom stereocenters. The van der Waals surface area contributed by atoms with Crippen molar-refractivity contribution in [3.05, 3.63) is 41.2 Å². The van der Waals surface area contributed by atoms with Crippen molar-refractivity contribution in [3.63, 3.8) is 0 Å². The first kappa shape index (κ1) is 14.2. The SMILES string of the molecule is Cc1ccc(C)c(NC(=O)C(C)n2cc(CO)nn2)c1. The molecule has 1 aromatic heterocycles. The Morgan fingerprint density at radius 1 is 1.45 bits per heavy atom. The van der Waals surface area contributed by atoms with Crippen LogP contribution in [0.1, 0.15) is 29.8 Å². The summed E-state index contributed by atoms with van der Waals surface area (Å²) in [6.07, 6.45) is 1.56. The number of nitrogens with one attached hydrogen (secondary N) is 1. The summed E-state index contributed by atoms with van der Waals surface area (Å²) in [5.41, 5.74) is 3.33. The number of benzene rings is 1. The molecule has 2 N–H and O–H groups in total. The number of hydrogen-bond acceptors (Lipinski definition) is 4. The molecular weight excluding hydrogens is 256 g/mol. The summed E-state index contributed by atoms with van der Waals surface area (Å²) in [4.78, 5) is 12.2. The van der Waals surface area contributed by atoms with Crippen LogP contribution in [0.5, 0.6) is 0 Å². The van der Waals surface area contributed by atoms with Gasteiger partial charge in [-0.15, -0.1) is 5.10 Å². The van der Waals surface area contributed by atoms with Gasteiger partial charge in [-0.25, -0.2) is 4.68 Å². The van der Waals surface area contributed by atoms with Crippen LogP contribution >= 0.6 is 0 Å². The van der Waals surface area contributed by atoms with E-state index in [0.29, 0.717) is 5.69 Å². The molecule has 1 aromatic carbocycles. The number of anilines is 1. The predicted molar refractivity (Wildman–Crippen MR) is 75.2 cm³/mol. The summed E-state index contributed by atoms with van der Waals surface area (Å²) in [6, 6.07) is 5.40. The maximum atomic E-state index is 12.2. The minimum absolute atomic E-state index is 0.173. The van der Waals surface area contributed by atoms with Gasteiger partial charge in [0.2, 0.25) is 5.91 Å². The normalized spacial score (nSPS) is 12.2. The minimum atomic E-state index is -0.497. The molecule has 0 radical (unpaired) electrons. The van der Waals surface area contributed by atoms with Gasteiger partial charge in [0.1, 0.15) is 11.7 Å². The zero-order chi connectivity index (χ0) is 14.7. The number of aliphatic hydroxyl groups excluding tert-OH is 1. The third-order valence-corrected chi connectivity index (χ3v) is 3.15. The van der Waals surface area contributed by atoms with Crippen molar-refractivity contribution in [3.8, 4) is 0 Å². The van der Waals surface area contributed by atoms with Crippen molar-refractivity contribution < 1.29 is 9.90 Å². The van der Waals surface area contributed by atoms with Gasteiger partial charge in [0.25, 0.3) is 0 Å². The first-order chi connectivity index (χ1) is 9.51. The third kappa shape index (κ3) is 3.03. The first-order valence-electron chi connectivity index (χ1n) is 6.41. The molecule has 1 heterocycles. The fourth-order valence-electron chi connectivity index (χ4n) is 1.80. The van der Waals surface area contributed by atoms with E-state index in [1.165, 1.54) is 4.68 Å². The second-order valence-electron chi connectivity index (χ2n) is 4.83. The highest BCUT2D eigenvalue weighted by molar-refractivity contribution is 5.94. The highest BCUT2D eigenvalue weighted by Crippen LogP contribution is 2.18. The van der Waals surface area contributed by atoms with E-state index in [9.17, 15) is 4.79 Å². The number of aromatic nitrogens is 3. The van der Waals surface area contributed by atoms with Gasteiger partial charge < -0.3 is 10.4 Å². The number of amides is 1. The van der Waals surface area contributed by atoms with E-state index in [1.807, 2.05) is 32.0 Å². The first-order valence-corrected chi connectivity index (χ1v) is 6.41. The molecule has 106 valence electrons. The molecule has 6 nitrogen and oxygen atoms in total. The van der Waals surface area contributed by atoms with Crippen LogP contribution in [0.2, 0.25) is 0 Å². The van der Waals surface area contributed by atoms with Gasteiger partial charge in [-0.1, -0.05) is 17.3 Å². The van der Waals surface area contributed by atoms with Crippen LogP contribution in [-0.4, -0.2) is 26.0 Å². The molecule has 0 aliphatic rings. The average molecular weight is 274 g/mol. The predicted octanol–water partition coefficient (Wildman–Crippen LogP) is 1.59. The number of rotatable bonds is 4. The topological polar surface area (TPSA) is 80.0 Å². The minimum Gasteiger partial charge on any atom is -0.390 e. The summed E-state index contributed by atoms with van der Waals surface area (Å²) in [7, 11) is 0. The molecule has 6 heteroatoms. The molecule has 1 amide bonds. The van der Waals surface area contributed by atoms with Crippen molar-refractivity contribution in [1.82, 2.24) is 15.0 Å². The Morgan fingerprint density at radius 2 is 2.20 bits per heavy atom.